The normalized spacial score (nSPS) is 12.6. The molecule has 1 atom stereocenters. The van der Waals surface area contributed by atoms with Gasteiger partial charge in [-0.1, -0.05) is 59.4 Å². The molecule has 0 radical (unpaired) electrons. The Morgan fingerprint density at radius 3 is 2.36 bits per heavy atom. The van der Waals surface area contributed by atoms with Crippen LogP contribution in [-0.2, 0) is 0 Å². The number of hydrogen-bond acceptors (Lipinski definition) is 3. The van der Waals surface area contributed by atoms with Gasteiger partial charge in [-0.05, 0) is 48.9 Å². The number of primary amides is 1. The second-order valence-electron chi connectivity index (χ2n) is 5.14. The van der Waals surface area contributed by atoms with E-state index in [0.717, 1.165) is 0 Å². The Bertz CT molecular complexity index is 779. The molecule has 2 amide bonds. The molecule has 5 nitrogen and oxygen atoms in total. The van der Waals surface area contributed by atoms with Crippen molar-refractivity contribution in [2.45, 2.75) is 15.2 Å². The monoisotopic (exact) mass is 554 g/mol. The van der Waals surface area contributed by atoms with Crippen LogP contribution in [0.2, 0.25) is 5.02 Å². The molecule has 1 unspecified atom stereocenters. The number of amides is 2. The SMILES string of the molecule is Cc1c(Oc2ccc(Cl)cc2)ccc(NC(N)=O)c1C(O)C(Br)(Br)Br. The lowest BCUT2D eigenvalue weighted by Gasteiger charge is -2.26. The highest BCUT2D eigenvalue weighted by Gasteiger charge is 2.34. The first-order valence-corrected chi connectivity index (χ1v) is 9.73. The molecule has 0 aliphatic heterocycles. The number of carbonyl (C=O) groups excluding carboxylic acids is 1. The van der Waals surface area contributed by atoms with E-state index in [1.807, 2.05) is 0 Å². The molecule has 4 N–H and O–H groups in total. The van der Waals surface area contributed by atoms with Crippen LogP contribution in [0.15, 0.2) is 36.4 Å². The Balaban J connectivity index is 2.49. The molecule has 0 aliphatic rings. The first-order valence-electron chi connectivity index (χ1n) is 6.97. The van der Waals surface area contributed by atoms with E-state index in [4.69, 9.17) is 22.1 Å². The van der Waals surface area contributed by atoms with Crippen molar-refractivity contribution in [2.75, 3.05) is 5.32 Å². The highest BCUT2D eigenvalue weighted by molar-refractivity contribution is 9.39. The minimum atomic E-state index is -1.07. The Morgan fingerprint density at radius 2 is 1.84 bits per heavy atom. The number of nitrogens with two attached hydrogens (primary N) is 1. The summed E-state index contributed by atoms with van der Waals surface area (Å²) in [5.74, 6) is 1.11. The highest BCUT2D eigenvalue weighted by Crippen LogP contribution is 2.49. The fourth-order valence-corrected chi connectivity index (χ4v) is 3.02. The van der Waals surface area contributed by atoms with Crippen molar-refractivity contribution in [1.29, 1.82) is 0 Å². The zero-order chi connectivity index (χ0) is 18.8. The van der Waals surface area contributed by atoms with Gasteiger partial charge in [0.15, 0.2) is 2.14 Å². The third-order valence-electron chi connectivity index (χ3n) is 3.35. The Kier molecular flexibility index (Phi) is 6.78. The molecule has 0 bridgehead atoms. The first kappa shape index (κ1) is 20.5. The van der Waals surface area contributed by atoms with Crippen LogP contribution in [0.5, 0.6) is 11.5 Å². The van der Waals surface area contributed by atoms with Crippen molar-refractivity contribution in [3.63, 3.8) is 0 Å². The van der Waals surface area contributed by atoms with Gasteiger partial charge >= 0.3 is 6.03 Å². The van der Waals surface area contributed by atoms with E-state index in [9.17, 15) is 9.90 Å². The predicted octanol–water partition coefficient (Wildman–Crippen LogP) is 5.80. The van der Waals surface area contributed by atoms with Gasteiger partial charge in [-0.25, -0.2) is 4.79 Å². The van der Waals surface area contributed by atoms with E-state index in [-0.39, 0.29) is 0 Å². The van der Waals surface area contributed by atoms with Crippen molar-refractivity contribution in [3.05, 3.63) is 52.5 Å². The molecule has 134 valence electrons. The van der Waals surface area contributed by atoms with Crippen LogP contribution >= 0.6 is 59.4 Å². The number of halogens is 4. The molecule has 2 aromatic carbocycles. The van der Waals surface area contributed by atoms with Crippen LogP contribution in [-0.4, -0.2) is 13.3 Å². The summed E-state index contributed by atoms with van der Waals surface area (Å²) in [6.07, 6.45) is -1.07. The van der Waals surface area contributed by atoms with Gasteiger partial charge in [-0.2, -0.15) is 0 Å². The second kappa shape index (κ2) is 8.26. The quantitative estimate of drug-likeness (QED) is 0.416. The van der Waals surface area contributed by atoms with Gasteiger partial charge in [0.1, 0.15) is 17.6 Å². The van der Waals surface area contributed by atoms with E-state index < -0.39 is 14.3 Å². The van der Waals surface area contributed by atoms with Gasteiger partial charge in [0.05, 0.1) is 0 Å². The number of aliphatic hydroxyl groups is 1. The number of urea groups is 1. The summed E-state index contributed by atoms with van der Waals surface area (Å²) in [6, 6.07) is 9.46. The first-order chi connectivity index (χ1) is 11.6. The molecule has 2 rings (SSSR count). The zero-order valence-corrected chi connectivity index (χ0v) is 18.4. The van der Waals surface area contributed by atoms with E-state index in [0.29, 0.717) is 33.3 Å². The van der Waals surface area contributed by atoms with Crippen molar-refractivity contribution in [2.24, 2.45) is 5.73 Å². The number of alkyl halides is 3. The fourth-order valence-electron chi connectivity index (χ4n) is 2.21. The molecule has 0 heterocycles. The Hall–Kier alpha value is -0.800. The summed E-state index contributed by atoms with van der Waals surface area (Å²) < 4.78 is 4.87. The van der Waals surface area contributed by atoms with Crippen LogP contribution < -0.4 is 15.8 Å². The summed E-state index contributed by atoms with van der Waals surface area (Å²) in [7, 11) is 0. The van der Waals surface area contributed by atoms with Gasteiger partial charge < -0.3 is 20.9 Å². The number of rotatable bonds is 4. The van der Waals surface area contributed by atoms with Gasteiger partial charge in [0.25, 0.3) is 0 Å². The minimum absolute atomic E-state index is 0.378. The fraction of sp³-hybridized carbons (Fsp3) is 0.188. The van der Waals surface area contributed by atoms with Gasteiger partial charge in [-0.3, -0.25) is 0 Å². The number of hydrogen-bond donors (Lipinski definition) is 3. The summed E-state index contributed by atoms with van der Waals surface area (Å²) in [4.78, 5) is 11.3. The topological polar surface area (TPSA) is 84.6 Å². The van der Waals surface area contributed by atoms with Crippen molar-refractivity contribution >= 4 is 71.1 Å². The Morgan fingerprint density at radius 1 is 1.24 bits per heavy atom. The van der Waals surface area contributed by atoms with Crippen LogP contribution in [0, 0.1) is 6.92 Å². The standard InChI is InChI=1S/C16H14Br3ClN2O3/c1-8-12(25-10-4-2-9(20)3-5-10)7-6-11(22-15(21)24)13(8)14(23)16(17,18)19/h2-7,14,23H,1H3,(H3,21,22,24). The molecule has 0 fully saturated rings. The van der Waals surface area contributed by atoms with Crippen molar-refractivity contribution in [3.8, 4) is 11.5 Å². The lowest BCUT2D eigenvalue weighted by molar-refractivity contribution is 0.193. The molecule has 25 heavy (non-hydrogen) atoms. The lowest BCUT2D eigenvalue weighted by Crippen LogP contribution is -2.23. The van der Waals surface area contributed by atoms with Crippen molar-refractivity contribution < 1.29 is 14.6 Å². The number of aliphatic hydroxyl groups excluding tert-OH is 1. The summed E-state index contributed by atoms with van der Waals surface area (Å²) in [6.45, 7) is 1.77. The van der Waals surface area contributed by atoms with Crippen molar-refractivity contribution in [1.82, 2.24) is 0 Å². The zero-order valence-electron chi connectivity index (χ0n) is 12.9. The maximum atomic E-state index is 11.3. The van der Waals surface area contributed by atoms with Crippen LogP contribution in [0.25, 0.3) is 0 Å². The molecule has 2 aromatic rings. The molecule has 9 heteroatoms. The van der Waals surface area contributed by atoms with Crippen LogP contribution in [0.1, 0.15) is 17.2 Å². The summed E-state index contributed by atoms with van der Waals surface area (Å²) >= 11 is 15.8. The largest absolute Gasteiger partial charge is 0.457 e. The maximum absolute atomic E-state index is 11.3. The van der Waals surface area contributed by atoms with E-state index >= 15 is 0 Å². The van der Waals surface area contributed by atoms with E-state index in [1.54, 1.807) is 43.3 Å². The number of carbonyl (C=O) groups is 1. The number of benzene rings is 2. The molecule has 0 spiro atoms. The van der Waals surface area contributed by atoms with Gasteiger partial charge in [0.2, 0.25) is 0 Å². The minimum Gasteiger partial charge on any atom is -0.457 e. The highest BCUT2D eigenvalue weighted by atomic mass is 80.0. The average molecular weight is 557 g/mol. The Labute approximate surface area is 175 Å². The molecular formula is C16H14Br3ClN2O3. The maximum Gasteiger partial charge on any atom is 0.316 e. The predicted molar refractivity (Wildman–Crippen MR) is 110 cm³/mol. The van der Waals surface area contributed by atoms with Gasteiger partial charge in [0, 0.05) is 16.3 Å². The molecular weight excluding hydrogens is 543 g/mol. The second-order valence-corrected chi connectivity index (χ2v) is 12.5. The van der Waals surface area contributed by atoms with Crippen LogP contribution in [0.3, 0.4) is 0 Å². The number of anilines is 1. The lowest BCUT2D eigenvalue weighted by atomic mass is 10.0. The molecule has 0 aromatic heterocycles. The van der Waals surface area contributed by atoms with Gasteiger partial charge in [-0.15, -0.1) is 0 Å². The summed E-state index contributed by atoms with van der Waals surface area (Å²) in [5, 5.41) is 13.8. The molecule has 0 saturated carbocycles. The number of ether oxygens (including phenoxy) is 1. The smallest absolute Gasteiger partial charge is 0.316 e. The van der Waals surface area contributed by atoms with E-state index in [1.165, 1.54) is 0 Å². The van der Waals surface area contributed by atoms with Crippen LogP contribution in [0.4, 0.5) is 10.5 Å². The number of nitrogens with one attached hydrogen (secondary N) is 1. The van der Waals surface area contributed by atoms with E-state index in [2.05, 4.69) is 53.1 Å². The average Bonchev–Trinajstić information content (AvgIpc) is 2.50. The third kappa shape index (κ3) is 5.34. The summed E-state index contributed by atoms with van der Waals surface area (Å²) in [5.41, 5.74) is 6.67. The third-order valence-corrected chi connectivity index (χ3v) is 4.90. The molecule has 0 aliphatic carbocycles. The molecule has 0 saturated heterocycles.